The summed E-state index contributed by atoms with van der Waals surface area (Å²) in [4.78, 5) is 0. The average molecular weight is 327 g/mol. The van der Waals surface area contributed by atoms with Crippen LogP contribution in [0.15, 0.2) is 35.5 Å². The zero-order valence-electron chi connectivity index (χ0n) is 13.5. The first-order valence-electron chi connectivity index (χ1n) is 6.98. The van der Waals surface area contributed by atoms with E-state index in [1.54, 1.807) is 6.92 Å². The fourth-order valence-corrected chi connectivity index (χ4v) is 2.45. The fourth-order valence-electron chi connectivity index (χ4n) is 1.57. The van der Waals surface area contributed by atoms with Crippen LogP contribution in [0.25, 0.3) is 0 Å². The quantitative estimate of drug-likeness (QED) is 0.308. The van der Waals surface area contributed by atoms with Gasteiger partial charge < -0.3 is 15.7 Å². The van der Waals surface area contributed by atoms with Crippen LogP contribution in [0.3, 0.4) is 0 Å². The van der Waals surface area contributed by atoms with Gasteiger partial charge in [-0.3, -0.25) is 0 Å². The maximum atomic E-state index is 12.3. The van der Waals surface area contributed by atoms with Crippen molar-refractivity contribution in [3.63, 3.8) is 0 Å². The standard InChI is InChI=1S/C15H25N3O3S/c1-14(2,3)22(20)18-15(4,13(16)17-19)11-21-10-12-8-6-5-7-9-12/h5-9,18-19H,10-11H2,1-4H3,(H2,16,17)/t15-,22+/m1/s1. The first kappa shape index (κ1) is 18.6. The number of oxime groups is 1. The molecule has 0 aliphatic carbocycles. The number of hydrogen-bond donors (Lipinski definition) is 3. The second-order valence-electron chi connectivity index (χ2n) is 6.28. The highest BCUT2D eigenvalue weighted by Crippen LogP contribution is 2.15. The van der Waals surface area contributed by atoms with Crippen LogP contribution in [0.1, 0.15) is 33.3 Å². The van der Waals surface area contributed by atoms with Crippen LogP contribution in [0.5, 0.6) is 0 Å². The molecule has 0 bridgehead atoms. The molecule has 1 aromatic carbocycles. The van der Waals surface area contributed by atoms with Gasteiger partial charge in [0.25, 0.3) is 0 Å². The van der Waals surface area contributed by atoms with Gasteiger partial charge in [-0.15, -0.1) is 0 Å². The van der Waals surface area contributed by atoms with E-state index < -0.39 is 21.3 Å². The van der Waals surface area contributed by atoms with Crippen molar-refractivity contribution in [2.24, 2.45) is 10.9 Å². The molecule has 1 aromatic rings. The van der Waals surface area contributed by atoms with Crippen molar-refractivity contribution in [1.82, 2.24) is 4.72 Å². The van der Waals surface area contributed by atoms with Crippen LogP contribution in [0.2, 0.25) is 0 Å². The largest absolute Gasteiger partial charge is 0.409 e. The minimum absolute atomic E-state index is 0.0711. The predicted molar refractivity (Wildman–Crippen MR) is 88.9 cm³/mol. The predicted octanol–water partition coefficient (Wildman–Crippen LogP) is 1.76. The number of hydrogen-bond acceptors (Lipinski definition) is 4. The summed E-state index contributed by atoms with van der Waals surface area (Å²) in [7, 11) is -1.38. The Morgan fingerprint density at radius 3 is 2.41 bits per heavy atom. The lowest BCUT2D eigenvalue weighted by molar-refractivity contribution is 0.0926. The van der Waals surface area contributed by atoms with Crippen molar-refractivity contribution in [2.45, 2.75) is 44.6 Å². The monoisotopic (exact) mass is 327 g/mol. The van der Waals surface area contributed by atoms with Crippen LogP contribution >= 0.6 is 0 Å². The number of nitrogens with two attached hydrogens (primary N) is 1. The fraction of sp³-hybridized carbons (Fsp3) is 0.533. The van der Waals surface area contributed by atoms with Gasteiger partial charge in [-0.1, -0.05) is 35.5 Å². The maximum absolute atomic E-state index is 12.3. The van der Waals surface area contributed by atoms with Gasteiger partial charge in [-0.2, -0.15) is 0 Å². The van der Waals surface area contributed by atoms with Crippen LogP contribution < -0.4 is 10.5 Å². The number of nitrogens with one attached hydrogen (secondary N) is 1. The van der Waals surface area contributed by atoms with Gasteiger partial charge in [-0.25, -0.2) is 8.93 Å². The van der Waals surface area contributed by atoms with Crippen LogP contribution in [-0.4, -0.2) is 32.1 Å². The van der Waals surface area contributed by atoms with E-state index in [-0.39, 0.29) is 12.4 Å². The van der Waals surface area contributed by atoms with Gasteiger partial charge in [0.1, 0.15) is 5.54 Å². The lowest BCUT2D eigenvalue weighted by atomic mass is 10.0. The normalized spacial score (nSPS) is 17.0. The SMILES string of the molecule is CC(C)(C)[S@](=O)N[C@](C)(COCc1ccccc1)/C(N)=N\O. The minimum atomic E-state index is -1.38. The van der Waals surface area contributed by atoms with E-state index in [9.17, 15) is 4.21 Å². The van der Waals surface area contributed by atoms with Gasteiger partial charge >= 0.3 is 0 Å². The number of benzene rings is 1. The molecule has 0 heterocycles. The topological polar surface area (TPSA) is 96.9 Å². The van der Waals surface area contributed by atoms with Gasteiger partial charge in [0.15, 0.2) is 5.84 Å². The Morgan fingerprint density at radius 1 is 1.32 bits per heavy atom. The molecule has 124 valence electrons. The molecule has 0 aliphatic rings. The Morgan fingerprint density at radius 2 is 1.91 bits per heavy atom. The highest BCUT2D eigenvalue weighted by Gasteiger charge is 2.35. The second-order valence-corrected chi connectivity index (χ2v) is 8.25. The number of ether oxygens (including phenoxy) is 1. The zero-order chi connectivity index (χ0) is 16.8. The maximum Gasteiger partial charge on any atom is 0.162 e. The van der Waals surface area contributed by atoms with Crippen molar-refractivity contribution >= 4 is 16.8 Å². The van der Waals surface area contributed by atoms with E-state index in [0.717, 1.165) is 5.56 Å². The summed E-state index contributed by atoms with van der Waals surface area (Å²) < 4.78 is 20.4. The first-order valence-corrected chi connectivity index (χ1v) is 8.13. The van der Waals surface area contributed by atoms with Gasteiger partial charge in [-0.05, 0) is 33.3 Å². The molecule has 2 atom stereocenters. The summed E-state index contributed by atoms with van der Waals surface area (Å²) in [6.45, 7) is 7.73. The van der Waals surface area contributed by atoms with E-state index >= 15 is 0 Å². The molecule has 7 heteroatoms. The molecule has 0 aromatic heterocycles. The molecule has 0 saturated heterocycles. The molecule has 22 heavy (non-hydrogen) atoms. The molecule has 0 spiro atoms. The molecule has 0 fully saturated rings. The Bertz CT molecular complexity index is 529. The van der Waals surface area contributed by atoms with Gasteiger partial charge in [0, 0.05) is 0 Å². The van der Waals surface area contributed by atoms with E-state index in [1.165, 1.54) is 0 Å². The zero-order valence-corrected chi connectivity index (χ0v) is 14.3. The Labute approximate surface area is 134 Å². The highest BCUT2D eigenvalue weighted by molar-refractivity contribution is 7.84. The molecule has 1 rings (SSSR count). The second kappa shape index (κ2) is 7.71. The third-order valence-electron chi connectivity index (χ3n) is 3.05. The molecule has 0 radical (unpaired) electrons. The van der Waals surface area contributed by atoms with E-state index in [4.69, 9.17) is 15.7 Å². The molecule has 0 amide bonds. The van der Waals surface area contributed by atoms with E-state index in [1.807, 2.05) is 51.1 Å². The summed E-state index contributed by atoms with van der Waals surface area (Å²) >= 11 is 0. The summed E-state index contributed by atoms with van der Waals surface area (Å²) in [5.41, 5.74) is 5.73. The molecule has 4 N–H and O–H groups in total. The van der Waals surface area contributed by atoms with Crippen molar-refractivity contribution in [3.05, 3.63) is 35.9 Å². The van der Waals surface area contributed by atoms with Crippen molar-refractivity contribution in [1.29, 1.82) is 0 Å². The molecule has 0 unspecified atom stereocenters. The summed E-state index contributed by atoms with van der Waals surface area (Å²) in [6.07, 6.45) is 0. The number of nitrogens with zero attached hydrogens (tertiary/aromatic N) is 1. The Hall–Kier alpha value is -1.44. The van der Waals surface area contributed by atoms with Gasteiger partial charge in [0.2, 0.25) is 0 Å². The van der Waals surface area contributed by atoms with Crippen molar-refractivity contribution in [2.75, 3.05) is 6.61 Å². The lowest BCUT2D eigenvalue weighted by Crippen LogP contribution is -2.59. The first-order chi connectivity index (χ1) is 10.2. The van der Waals surface area contributed by atoms with E-state index in [0.29, 0.717) is 6.61 Å². The van der Waals surface area contributed by atoms with Crippen molar-refractivity contribution < 1.29 is 14.2 Å². The van der Waals surface area contributed by atoms with E-state index in [2.05, 4.69) is 9.88 Å². The highest BCUT2D eigenvalue weighted by atomic mass is 32.2. The van der Waals surface area contributed by atoms with Crippen LogP contribution in [-0.2, 0) is 22.3 Å². The average Bonchev–Trinajstić information content (AvgIpc) is 2.46. The smallest absolute Gasteiger partial charge is 0.162 e. The third kappa shape index (κ3) is 5.40. The van der Waals surface area contributed by atoms with Crippen LogP contribution in [0.4, 0.5) is 0 Å². The summed E-state index contributed by atoms with van der Waals surface area (Å²) in [5.74, 6) is -0.0711. The van der Waals surface area contributed by atoms with Gasteiger partial charge in [0.05, 0.1) is 28.9 Å². The third-order valence-corrected chi connectivity index (χ3v) is 4.80. The van der Waals surface area contributed by atoms with Crippen LogP contribution in [0, 0.1) is 0 Å². The van der Waals surface area contributed by atoms with Crippen molar-refractivity contribution in [3.8, 4) is 0 Å². The summed E-state index contributed by atoms with van der Waals surface area (Å²) in [6, 6.07) is 9.67. The molecule has 0 aliphatic heterocycles. The number of amidine groups is 1. The Kier molecular flexibility index (Phi) is 6.52. The molecule has 6 nitrogen and oxygen atoms in total. The summed E-state index contributed by atoms with van der Waals surface area (Å²) in [5, 5.41) is 12.0. The Balaban J connectivity index is 2.74. The minimum Gasteiger partial charge on any atom is -0.409 e. The lowest BCUT2D eigenvalue weighted by Gasteiger charge is -2.31. The molecule has 0 saturated carbocycles. The molecular formula is C15H25N3O3S. The molecular weight excluding hydrogens is 302 g/mol. The number of rotatable bonds is 7.